The van der Waals surface area contributed by atoms with E-state index in [-0.39, 0.29) is 6.04 Å². The molecule has 0 fully saturated rings. The molecular formula is C13H17NOS. The van der Waals surface area contributed by atoms with Crippen LogP contribution in [0.2, 0.25) is 0 Å². The minimum absolute atomic E-state index is 0.0843. The van der Waals surface area contributed by atoms with Crippen LogP contribution >= 0.6 is 11.3 Å². The summed E-state index contributed by atoms with van der Waals surface area (Å²) in [6.07, 6.45) is -0.441. The van der Waals surface area contributed by atoms with Gasteiger partial charge in [0.25, 0.3) is 0 Å². The molecule has 0 aliphatic carbocycles. The highest BCUT2D eigenvalue weighted by molar-refractivity contribution is 7.17. The molecule has 0 saturated heterocycles. The normalized spacial score (nSPS) is 15.2. The number of likely N-dealkylation sites (N-methyl/N-ethyl adjacent to an activating group) is 1. The fourth-order valence-electron chi connectivity index (χ4n) is 1.89. The second-order valence-electron chi connectivity index (χ2n) is 4.01. The summed E-state index contributed by atoms with van der Waals surface area (Å²) in [6, 6.07) is 8.34. The van der Waals surface area contributed by atoms with Gasteiger partial charge in [-0.05, 0) is 48.0 Å². The predicted octanol–water partition coefficient (Wildman–Crippen LogP) is 2.93. The second-order valence-corrected chi connectivity index (χ2v) is 4.96. The minimum Gasteiger partial charge on any atom is -0.387 e. The fraction of sp³-hybridized carbons (Fsp3) is 0.385. The maximum absolute atomic E-state index is 10.2. The number of thiophene rings is 1. The maximum Gasteiger partial charge on any atom is 0.0940 e. The molecule has 0 radical (unpaired) electrons. The van der Waals surface area contributed by atoms with Crippen molar-refractivity contribution in [3.63, 3.8) is 0 Å². The third-order valence-corrected chi connectivity index (χ3v) is 3.72. The van der Waals surface area contributed by atoms with Crippen molar-refractivity contribution in [3.05, 3.63) is 35.2 Å². The number of hydrogen-bond donors (Lipinski definition) is 2. The van der Waals surface area contributed by atoms with Gasteiger partial charge < -0.3 is 10.4 Å². The van der Waals surface area contributed by atoms with Crippen LogP contribution in [0, 0.1) is 0 Å². The number of nitrogens with one attached hydrogen (secondary N) is 1. The van der Waals surface area contributed by atoms with Gasteiger partial charge in [0.1, 0.15) is 0 Å². The third-order valence-electron chi connectivity index (χ3n) is 2.82. The molecule has 2 unspecified atom stereocenters. The number of hydrogen-bond acceptors (Lipinski definition) is 3. The minimum atomic E-state index is -0.441. The first-order valence-electron chi connectivity index (χ1n) is 5.61. The molecule has 3 heteroatoms. The summed E-state index contributed by atoms with van der Waals surface area (Å²) in [5.74, 6) is 0. The van der Waals surface area contributed by atoms with E-state index in [1.165, 1.54) is 10.1 Å². The van der Waals surface area contributed by atoms with E-state index in [4.69, 9.17) is 0 Å². The van der Waals surface area contributed by atoms with Crippen LogP contribution in [-0.2, 0) is 0 Å². The Morgan fingerprint density at radius 3 is 2.94 bits per heavy atom. The van der Waals surface area contributed by atoms with Crippen molar-refractivity contribution in [2.75, 3.05) is 6.54 Å². The van der Waals surface area contributed by atoms with E-state index in [9.17, 15) is 5.11 Å². The predicted molar refractivity (Wildman–Crippen MR) is 69.9 cm³/mol. The van der Waals surface area contributed by atoms with Crippen molar-refractivity contribution in [3.8, 4) is 0 Å². The highest BCUT2D eigenvalue weighted by atomic mass is 32.1. The van der Waals surface area contributed by atoms with E-state index in [1.807, 2.05) is 19.9 Å². The molecule has 0 amide bonds. The maximum atomic E-state index is 10.2. The zero-order valence-corrected chi connectivity index (χ0v) is 10.4. The molecule has 0 saturated carbocycles. The van der Waals surface area contributed by atoms with Gasteiger partial charge in [-0.15, -0.1) is 11.3 Å². The second kappa shape index (κ2) is 4.95. The summed E-state index contributed by atoms with van der Waals surface area (Å²) in [7, 11) is 0. The van der Waals surface area contributed by atoms with Crippen LogP contribution in [0.25, 0.3) is 10.1 Å². The molecule has 2 aromatic rings. The molecule has 86 valence electrons. The van der Waals surface area contributed by atoms with Gasteiger partial charge in [0, 0.05) is 10.7 Å². The van der Waals surface area contributed by atoms with Crippen LogP contribution < -0.4 is 5.32 Å². The van der Waals surface area contributed by atoms with E-state index in [0.717, 1.165) is 12.1 Å². The summed E-state index contributed by atoms with van der Waals surface area (Å²) in [5, 5.41) is 16.7. The number of fused-ring (bicyclic) bond motifs is 1. The largest absolute Gasteiger partial charge is 0.387 e. The Bertz CT molecular complexity index is 466. The lowest BCUT2D eigenvalue weighted by atomic mass is 10.0. The molecule has 1 aromatic carbocycles. The Balaban J connectivity index is 2.24. The van der Waals surface area contributed by atoms with Crippen LogP contribution in [0.15, 0.2) is 29.6 Å². The van der Waals surface area contributed by atoms with Gasteiger partial charge in [-0.25, -0.2) is 0 Å². The summed E-state index contributed by atoms with van der Waals surface area (Å²) in [6.45, 7) is 4.93. The van der Waals surface area contributed by atoms with Gasteiger partial charge in [-0.2, -0.15) is 0 Å². The first-order valence-corrected chi connectivity index (χ1v) is 6.49. The molecule has 16 heavy (non-hydrogen) atoms. The fourth-order valence-corrected chi connectivity index (χ4v) is 2.66. The standard InChI is InChI=1S/C13H17NOS/c1-3-14-9(2)13(15)11-4-5-12-10(8-11)6-7-16-12/h4-9,13-15H,3H2,1-2H3. The van der Waals surface area contributed by atoms with E-state index in [2.05, 4.69) is 28.9 Å². The Labute approximate surface area is 99.9 Å². The smallest absolute Gasteiger partial charge is 0.0940 e. The summed E-state index contributed by atoms with van der Waals surface area (Å²) < 4.78 is 1.27. The SMILES string of the molecule is CCNC(C)C(O)c1ccc2sccc2c1. The number of benzene rings is 1. The van der Waals surface area contributed by atoms with Gasteiger partial charge in [0.05, 0.1) is 6.10 Å². The van der Waals surface area contributed by atoms with Crippen molar-refractivity contribution in [1.82, 2.24) is 5.32 Å². The number of rotatable bonds is 4. The Morgan fingerprint density at radius 1 is 1.38 bits per heavy atom. The first kappa shape index (κ1) is 11.6. The van der Waals surface area contributed by atoms with Gasteiger partial charge in [0.15, 0.2) is 0 Å². The van der Waals surface area contributed by atoms with Crippen LogP contribution in [0.4, 0.5) is 0 Å². The average molecular weight is 235 g/mol. The van der Waals surface area contributed by atoms with Crippen molar-refractivity contribution >= 4 is 21.4 Å². The Hall–Kier alpha value is -0.900. The summed E-state index contributed by atoms with van der Waals surface area (Å²) in [4.78, 5) is 0. The van der Waals surface area contributed by atoms with Crippen molar-refractivity contribution in [1.29, 1.82) is 0 Å². The quantitative estimate of drug-likeness (QED) is 0.854. The summed E-state index contributed by atoms with van der Waals surface area (Å²) in [5.41, 5.74) is 0.986. The third kappa shape index (κ3) is 2.26. The summed E-state index contributed by atoms with van der Waals surface area (Å²) >= 11 is 1.73. The molecule has 2 nitrogen and oxygen atoms in total. The highest BCUT2D eigenvalue weighted by Gasteiger charge is 2.15. The van der Waals surface area contributed by atoms with E-state index < -0.39 is 6.10 Å². The van der Waals surface area contributed by atoms with Crippen LogP contribution in [-0.4, -0.2) is 17.7 Å². The lowest BCUT2D eigenvalue weighted by Crippen LogP contribution is -2.31. The highest BCUT2D eigenvalue weighted by Crippen LogP contribution is 2.25. The number of aliphatic hydroxyl groups excluding tert-OH is 1. The van der Waals surface area contributed by atoms with Crippen molar-refractivity contribution in [2.24, 2.45) is 0 Å². The van der Waals surface area contributed by atoms with Gasteiger partial charge in [0.2, 0.25) is 0 Å². The molecule has 0 aliphatic rings. The monoisotopic (exact) mass is 235 g/mol. The number of aliphatic hydroxyl groups is 1. The van der Waals surface area contributed by atoms with Crippen LogP contribution in [0.3, 0.4) is 0 Å². The van der Waals surface area contributed by atoms with Crippen LogP contribution in [0.5, 0.6) is 0 Å². The van der Waals surface area contributed by atoms with Gasteiger partial charge in [-0.1, -0.05) is 13.0 Å². The molecule has 0 bridgehead atoms. The lowest BCUT2D eigenvalue weighted by molar-refractivity contribution is 0.137. The first-order chi connectivity index (χ1) is 7.72. The van der Waals surface area contributed by atoms with Crippen molar-refractivity contribution < 1.29 is 5.11 Å². The topological polar surface area (TPSA) is 32.3 Å². The lowest BCUT2D eigenvalue weighted by Gasteiger charge is -2.19. The Morgan fingerprint density at radius 2 is 2.19 bits per heavy atom. The molecule has 2 N–H and O–H groups in total. The van der Waals surface area contributed by atoms with Crippen LogP contribution in [0.1, 0.15) is 25.5 Å². The molecule has 2 atom stereocenters. The van der Waals surface area contributed by atoms with Gasteiger partial charge in [-0.3, -0.25) is 0 Å². The molecule has 0 spiro atoms. The molecule has 2 rings (SSSR count). The molecule has 0 aliphatic heterocycles. The molecule has 1 aromatic heterocycles. The zero-order chi connectivity index (χ0) is 11.5. The van der Waals surface area contributed by atoms with Crippen molar-refractivity contribution in [2.45, 2.75) is 26.0 Å². The average Bonchev–Trinajstić information content (AvgIpc) is 2.75. The zero-order valence-electron chi connectivity index (χ0n) is 9.60. The Kier molecular flexibility index (Phi) is 3.59. The van der Waals surface area contributed by atoms with E-state index in [1.54, 1.807) is 11.3 Å². The van der Waals surface area contributed by atoms with Gasteiger partial charge >= 0.3 is 0 Å². The molecule has 1 heterocycles. The van der Waals surface area contributed by atoms with E-state index >= 15 is 0 Å². The molecular weight excluding hydrogens is 218 g/mol. The van der Waals surface area contributed by atoms with E-state index in [0.29, 0.717) is 0 Å².